The molecule has 1 saturated carbocycles. The Hall–Kier alpha value is -5.70. The lowest BCUT2D eigenvalue weighted by Crippen LogP contribution is -2.53. The first-order chi connectivity index (χ1) is 23.7. The number of methoxy groups -OCH3 is 1. The van der Waals surface area contributed by atoms with Crippen molar-refractivity contribution in [1.29, 1.82) is 0 Å². The Bertz CT molecular complexity index is 2030. The van der Waals surface area contributed by atoms with E-state index in [-0.39, 0.29) is 30.4 Å². The Morgan fingerprint density at radius 2 is 1.51 bits per heavy atom. The van der Waals surface area contributed by atoms with Crippen LogP contribution in [0.2, 0.25) is 0 Å². The number of phenols is 1. The van der Waals surface area contributed by atoms with Gasteiger partial charge in [0.15, 0.2) is 0 Å². The number of benzene rings is 4. The van der Waals surface area contributed by atoms with E-state index in [9.17, 15) is 19.5 Å². The minimum Gasteiger partial charge on any atom is -0.508 e. The van der Waals surface area contributed by atoms with Crippen LogP contribution in [-0.2, 0) is 24.6 Å². The van der Waals surface area contributed by atoms with E-state index in [1.165, 1.54) is 18.1 Å². The van der Waals surface area contributed by atoms with E-state index in [4.69, 9.17) is 4.74 Å². The fraction of sp³-hybridized carbons (Fsp3) is 0.250. The first kappa shape index (κ1) is 30.6. The first-order valence-corrected chi connectivity index (χ1v) is 16.5. The molecular weight excluding hydrogens is 618 g/mol. The number of ether oxygens (including phenoxy) is 1. The van der Waals surface area contributed by atoms with E-state index in [0.29, 0.717) is 28.3 Å². The van der Waals surface area contributed by atoms with Crippen LogP contribution in [-0.4, -0.2) is 40.9 Å². The van der Waals surface area contributed by atoms with Crippen molar-refractivity contribution in [2.75, 3.05) is 17.4 Å². The molecule has 4 amide bonds. The Labute approximate surface area is 283 Å². The molecule has 0 aromatic heterocycles. The molecule has 0 radical (unpaired) electrons. The summed E-state index contributed by atoms with van der Waals surface area (Å²) >= 11 is 0. The summed E-state index contributed by atoms with van der Waals surface area (Å²) in [5.41, 5.74) is 5.52. The average molecular weight is 654 g/mol. The molecule has 3 fully saturated rings. The number of hydrazine groups is 1. The third kappa shape index (κ3) is 4.45. The van der Waals surface area contributed by atoms with Crippen molar-refractivity contribution in [3.63, 3.8) is 0 Å². The lowest BCUT2D eigenvalue weighted by atomic mass is 9.49. The number of amides is 4. The van der Waals surface area contributed by atoms with Crippen LogP contribution in [0.4, 0.5) is 11.4 Å². The van der Waals surface area contributed by atoms with Gasteiger partial charge in [0.2, 0.25) is 11.8 Å². The van der Waals surface area contributed by atoms with Gasteiger partial charge in [0.25, 0.3) is 11.8 Å². The van der Waals surface area contributed by atoms with Gasteiger partial charge in [0.05, 0.1) is 41.7 Å². The minimum absolute atomic E-state index is 0.0616. The highest BCUT2D eigenvalue weighted by Gasteiger charge is 2.70. The number of hydrogen-bond acceptors (Lipinski definition) is 7. The zero-order valence-electron chi connectivity index (χ0n) is 27.1. The quantitative estimate of drug-likeness (QED) is 0.197. The summed E-state index contributed by atoms with van der Waals surface area (Å²) in [7, 11) is 1.53. The molecular formula is C40H35N3O6. The predicted octanol–water partition coefficient (Wildman–Crippen LogP) is 5.90. The Balaban J connectivity index is 1.34. The number of anilines is 2. The van der Waals surface area contributed by atoms with E-state index in [0.717, 1.165) is 16.1 Å². The highest BCUT2D eigenvalue weighted by Crippen LogP contribution is 2.65. The highest BCUT2D eigenvalue weighted by molar-refractivity contribution is 6.22. The third-order valence-electron chi connectivity index (χ3n) is 11.0. The molecule has 0 bridgehead atoms. The van der Waals surface area contributed by atoms with E-state index in [2.05, 4.69) is 5.43 Å². The number of allylic oxidation sites excluding steroid dienone is 2. The first-order valence-electron chi connectivity index (χ1n) is 16.5. The van der Waals surface area contributed by atoms with Gasteiger partial charge in [-0.05, 0) is 73.7 Å². The molecule has 246 valence electrons. The number of rotatable bonds is 6. The molecule has 49 heavy (non-hydrogen) atoms. The summed E-state index contributed by atoms with van der Waals surface area (Å²) in [5, 5.41) is 12.7. The Morgan fingerprint density at radius 3 is 2.20 bits per heavy atom. The molecule has 2 aliphatic carbocycles. The van der Waals surface area contributed by atoms with Crippen molar-refractivity contribution >= 4 is 35.0 Å². The lowest BCUT2D eigenvalue weighted by molar-refractivity contribution is -0.138. The molecule has 6 atom stereocenters. The molecule has 6 unspecified atom stereocenters. The molecule has 4 aromatic carbocycles. The SMILES string of the molecule is COc1ccc(O)c(C2C3=CCC4C(=O)N(c5ccccc5)C(=O)C4C3CC3C(=O)N(Nc4ccc(C)cc4)C(=O)C32c2ccccc2)c1. The van der Waals surface area contributed by atoms with Gasteiger partial charge in [0.1, 0.15) is 11.5 Å². The van der Waals surface area contributed by atoms with E-state index >= 15 is 4.79 Å². The number of nitrogens with one attached hydrogen (secondary N) is 1. The van der Waals surface area contributed by atoms with Crippen LogP contribution in [0, 0.1) is 30.6 Å². The second kappa shape index (κ2) is 11.5. The lowest BCUT2D eigenvalue weighted by Gasteiger charge is -2.50. The molecule has 9 nitrogen and oxygen atoms in total. The van der Waals surface area contributed by atoms with E-state index in [1.54, 1.807) is 36.4 Å². The number of fused-ring (bicyclic) bond motifs is 4. The van der Waals surface area contributed by atoms with Crippen LogP contribution in [0.3, 0.4) is 0 Å². The number of carbonyl (C=O) groups excluding carboxylic acids is 4. The van der Waals surface area contributed by atoms with Gasteiger partial charge in [-0.2, -0.15) is 5.01 Å². The fourth-order valence-corrected chi connectivity index (χ4v) is 8.81. The van der Waals surface area contributed by atoms with Crippen molar-refractivity contribution < 1.29 is 29.0 Å². The van der Waals surface area contributed by atoms with Gasteiger partial charge >= 0.3 is 0 Å². The van der Waals surface area contributed by atoms with Crippen molar-refractivity contribution in [3.8, 4) is 11.5 Å². The number of aromatic hydroxyl groups is 1. The largest absolute Gasteiger partial charge is 0.508 e. The molecule has 4 aliphatic rings. The number of phenolic OH excluding ortho intramolecular Hbond substituents is 1. The number of imide groups is 2. The molecule has 2 saturated heterocycles. The van der Waals surface area contributed by atoms with Crippen LogP contribution in [0.15, 0.2) is 115 Å². The molecule has 2 N–H and O–H groups in total. The minimum atomic E-state index is -1.49. The molecule has 8 rings (SSSR count). The second-order valence-electron chi connectivity index (χ2n) is 13.4. The monoisotopic (exact) mass is 653 g/mol. The number of nitrogens with zero attached hydrogens (tertiary/aromatic N) is 2. The van der Waals surface area contributed by atoms with Crippen molar-refractivity contribution in [1.82, 2.24) is 5.01 Å². The zero-order valence-corrected chi connectivity index (χ0v) is 27.1. The van der Waals surface area contributed by atoms with Gasteiger partial charge in [-0.1, -0.05) is 77.9 Å². The Kier molecular flexibility index (Phi) is 7.17. The highest BCUT2D eigenvalue weighted by atomic mass is 16.5. The third-order valence-corrected chi connectivity index (χ3v) is 11.0. The normalized spacial score (nSPS) is 27.4. The molecule has 4 aromatic rings. The van der Waals surface area contributed by atoms with Crippen LogP contribution < -0.4 is 15.1 Å². The van der Waals surface area contributed by atoms with Crippen LogP contribution in [0.25, 0.3) is 0 Å². The Morgan fingerprint density at radius 1 is 0.816 bits per heavy atom. The second-order valence-corrected chi connectivity index (χ2v) is 13.4. The summed E-state index contributed by atoms with van der Waals surface area (Å²) in [6.07, 6.45) is 2.43. The van der Waals surface area contributed by atoms with Crippen molar-refractivity contribution in [2.24, 2.45) is 23.7 Å². The van der Waals surface area contributed by atoms with Gasteiger partial charge in [-0.3, -0.25) is 29.5 Å². The summed E-state index contributed by atoms with van der Waals surface area (Å²) in [4.78, 5) is 59.5. The number of para-hydroxylation sites is 1. The number of aryl methyl sites for hydroxylation is 1. The molecule has 2 heterocycles. The van der Waals surface area contributed by atoms with Crippen molar-refractivity contribution in [3.05, 3.63) is 131 Å². The van der Waals surface area contributed by atoms with Gasteiger partial charge < -0.3 is 9.84 Å². The summed E-state index contributed by atoms with van der Waals surface area (Å²) in [5.74, 6) is -4.74. The maximum Gasteiger partial charge on any atom is 0.260 e. The average Bonchev–Trinajstić information content (AvgIpc) is 3.51. The predicted molar refractivity (Wildman–Crippen MR) is 182 cm³/mol. The van der Waals surface area contributed by atoms with Crippen LogP contribution in [0.5, 0.6) is 11.5 Å². The zero-order chi connectivity index (χ0) is 34.0. The maximum atomic E-state index is 15.2. The smallest absolute Gasteiger partial charge is 0.260 e. The fourth-order valence-electron chi connectivity index (χ4n) is 8.81. The van der Waals surface area contributed by atoms with Crippen molar-refractivity contribution in [2.45, 2.75) is 31.1 Å². The summed E-state index contributed by atoms with van der Waals surface area (Å²) in [6.45, 7) is 1.96. The molecule has 2 aliphatic heterocycles. The topological polar surface area (TPSA) is 116 Å². The van der Waals surface area contributed by atoms with Crippen LogP contribution in [0.1, 0.15) is 35.4 Å². The summed E-state index contributed by atoms with van der Waals surface area (Å²) in [6, 6.07) is 30.4. The number of hydrogen-bond donors (Lipinski definition) is 2. The number of carbonyl (C=O) groups is 4. The molecule has 0 spiro atoms. The van der Waals surface area contributed by atoms with E-state index in [1.807, 2.05) is 73.7 Å². The van der Waals surface area contributed by atoms with Gasteiger partial charge in [-0.15, -0.1) is 0 Å². The van der Waals surface area contributed by atoms with Gasteiger partial charge in [-0.25, -0.2) is 0 Å². The molecule has 9 heteroatoms. The standard InChI is InChI=1S/C40H35N3O6/c1-23-13-15-25(16-14-23)41-43-37(46)32-22-30-28(18-19-29-34(30)38(47)42(36(29)45)26-11-7-4-8-12-26)35(31-21-27(49-2)17-20-33(31)44)40(32,39(43)48)24-9-5-3-6-10-24/h3-18,20-21,29-30,32,34-35,41,44H,19,22H2,1-2H3. The summed E-state index contributed by atoms with van der Waals surface area (Å²) < 4.78 is 5.60. The van der Waals surface area contributed by atoms with Gasteiger partial charge in [0, 0.05) is 11.5 Å². The maximum absolute atomic E-state index is 15.2. The van der Waals surface area contributed by atoms with Crippen LogP contribution >= 0.6 is 0 Å². The van der Waals surface area contributed by atoms with E-state index < -0.39 is 46.8 Å².